The molecule has 0 saturated carbocycles. The molecule has 0 aliphatic carbocycles. The summed E-state index contributed by atoms with van der Waals surface area (Å²) >= 11 is 5.31. The predicted octanol–water partition coefficient (Wildman–Crippen LogP) is 0.875. The van der Waals surface area contributed by atoms with E-state index < -0.39 is 24.3 Å². The van der Waals surface area contributed by atoms with Gasteiger partial charge in [0.25, 0.3) is 6.43 Å². The first-order valence-electron chi connectivity index (χ1n) is 3.27. The van der Waals surface area contributed by atoms with E-state index in [1.807, 2.05) is 0 Å². The summed E-state index contributed by atoms with van der Waals surface area (Å²) in [5.41, 5.74) is 0. The smallest absolute Gasteiger partial charge is 0.322 e. The fraction of sp³-hybridized carbons (Fsp3) is 0.833. The van der Waals surface area contributed by atoms with E-state index in [1.54, 1.807) is 0 Å². The van der Waals surface area contributed by atoms with Gasteiger partial charge in [-0.1, -0.05) is 0 Å². The zero-order chi connectivity index (χ0) is 9.72. The number of hydrogen-bond donors (Lipinski definition) is 1. The Morgan fingerprint density at radius 2 is 2.08 bits per heavy atom. The van der Waals surface area contributed by atoms with Gasteiger partial charge in [0, 0.05) is 6.54 Å². The standard InChI is InChI=1S/C6H10ClF2NO2/c1-10(3-5(8)9)2-4(7)6(11)12/h4-5H,2-3H2,1H3,(H,11,12). The fourth-order valence-corrected chi connectivity index (χ4v) is 0.897. The molecule has 0 aromatic rings. The summed E-state index contributed by atoms with van der Waals surface area (Å²) in [7, 11) is 1.39. The minimum absolute atomic E-state index is 0.0821. The minimum atomic E-state index is -2.47. The van der Waals surface area contributed by atoms with Crippen LogP contribution in [0.15, 0.2) is 0 Å². The van der Waals surface area contributed by atoms with Gasteiger partial charge in [0.05, 0.1) is 6.54 Å². The van der Waals surface area contributed by atoms with Crippen LogP contribution in [-0.2, 0) is 4.79 Å². The number of halogens is 3. The maximum Gasteiger partial charge on any atom is 0.322 e. The molecule has 0 spiro atoms. The number of carboxylic acid groups (broad SMARTS) is 1. The van der Waals surface area contributed by atoms with Crippen molar-refractivity contribution in [2.24, 2.45) is 0 Å². The molecule has 0 aromatic heterocycles. The maximum atomic E-state index is 11.7. The van der Waals surface area contributed by atoms with Crippen LogP contribution < -0.4 is 0 Å². The van der Waals surface area contributed by atoms with Crippen molar-refractivity contribution in [3.63, 3.8) is 0 Å². The lowest BCUT2D eigenvalue weighted by Gasteiger charge is -2.16. The van der Waals surface area contributed by atoms with Crippen LogP contribution in [0.2, 0.25) is 0 Å². The average Bonchev–Trinajstić information content (AvgIpc) is 1.84. The van der Waals surface area contributed by atoms with Crippen LogP contribution in [0.1, 0.15) is 0 Å². The fourth-order valence-electron chi connectivity index (χ4n) is 0.662. The Balaban J connectivity index is 3.68. The van der Waals surface area contributed by atoms with Gasteiger partial charge in [-0.05, 0) is 7.05 Å². The number of nitrogens with zero attached hydrogens (tertiary/aromatic N) is 1. The molecule has 0 saturated heterocycles. The van der Waals surface area contributed by atoms with Crippen LogP contribution in [0, 0.1) is 0 Å². The van der Waals surface area contributed by atoms with E-state index in [4.69, 9.17) is 16.7 Å². The van der Waals surface area contributed by atoms with Crippen molar-refractivity contribution in [1.29, 1.82) is 0 Å². The van der Waals surface area contributed by atoms with Crippen LogP contribution in [-0.4, -0.2) is 47.9 Å². The molecule has 0 aliphatic heterocycles. The highest BCUT2D eigenvalue weighted by molar-refractivity contribution is 6.29. The lowest BCUT2D eigenvalue weighted by molar-refractivity contribution is -0.137. The zero-order valence-corrected chi connectivity index (χ0v) is 7.26. The molecule has 3 nitrogen and oxygen atoms in total. The highest BCUT2D eigenvalue weighted by atomic mass is 35.5. The van der Waals surface area contributed by atoms with Gasteiger partial charge in [0.1, 0.15) is 5.38 Å². The Morgan fingerprint density at radius 3 is 2.42 bits per heavy atom. The minimum Gasteiger partial charge on any atom is -0.480 e. The van der Waals surface area contributed by atoms with E-state index >= 15 is 0 Å². The summed E-state index contributed by atoms with van der Waals surface area (Å²) in [6.07, 6.45) is -2.47. The number of alkyl halides is 3. The van der Waals surface area contributed by atoms with Crippen molar-refractivity contribution in [1.82, 2.24) is 4.90 Å². The van der Waals surface area contributed by atoms with Crippen LogP contribution in [0.5, 0.6) is 0 Å². The van der Waals surface area contributed by atoms with E-state index in [1.165, 1.54) is 11.9 Å². The quantitative estimate of drug-likeness (QED) is 0.672. The normalized spacial score (nSPS) is 13.8. The summed E-state index contributed by atoms with van der Waals surface area (Å²) < 4.78 is 23.4. The van der Waals surface area contributed by atoms with E-state index in [9.17, 15) is 13.6 Å². The molecule has 12 heavy (non-hydrogen) atoms. The second-order valence-corrected chi connectivity index (χ2v) is 2.94. The molecular weight excluding hydrogens is 192 g/mol. The Kier molecular flexibility index (Phi) is 5.08. The Hall–Kier alpha value is -0.420. The van der Waals surface area contributed by atoms with Crippen molar-refractivity contribution in [3.8, 4) is 0 Å². The van der Waals surface area contributed by atoms with Gasteiger partial charge in [0.15, 0.2) is 0 Å². The van der Waals surface area contributed by atoms with Gasteiger partial charge >= 0.3 is 5.97 Å². The van der Waals surface area contributed by atoms with E-state index in [-0.39, 0.29) is 6.54 Å². The Labute approximate surface area is 73.9 Å². The number of carbonyl (C=O) groups is 1. The lowest BCUT2D eigenvalue weighted by atomic mass is 10.4. The molecule has 6 heteroatoms. The third-order valence-corrected chi connectivity index (χ3v) is 1.51. The average molecular weight is 202 g/mol. The molecule has 0 aromatic carbocycles. The Morgan fingerprint density at radius 1 is 1.58 bits per heavy atom. The first-order valence-corrected chi connectivity index (χ1v) is 3.70. The van der Waals surface area contributed by atoms with E-state index in [0.717, 1.165) is 0 Å². The topological polar surface area (TPSA) is 40.5 Å². The largest absolute Gasteiger partial charge is 0.480 e. The summed E-state index contributed by atoms with van der Waals surface area (Å²) in [6.45, 7) is -0.544. The molecule has 0 bridgehead atoms. The number of carboxylic acids is 1. The third kappa shape index (κ3) is 5.26. The second-order valence-electron chi connectivity index (χ2n) is 2.42. The summed E-state index contributed by atoms with van der Waals surface area (Å²) in [5, 5.41) is 7.19. The van der Waals surface area contributed by atoms with E-state index in [2.05, 4.69) is 0 Å². The van der Waals surface area contributed by atoms with Crippen LogP contribution in [0.3, 0.4) is 0 Å². The van der Waals surface area contributed by atoms with Crippen molar-refractivity contribution in [3.05, 3.63) is 0 Å². The second kappa shape index (κ2) is 5.27. The van der Waals surface area contributed by atoms with Crippen molar-refractivity contribution < 1.29 is 18.7 Å². The molecule has 0 rings (SSSR count). The molecule has 1 N–H and O–H groups in total. The SMILES string of the molecule is CN(CC(F)F)CC(Cl)C(=O)O. The highest BCUT2D eigenvalue weighted by Gasteiger charge is 2.17. The van der Waals surface area contributed by atoms with Crippen molar-refractivity contribution in [2.75, 3.05) is 20.1 Å². The van der Waals surface area contributed by atoms with Gasteiger partial charge in [-0.2, -0.15) is 0 Å². The first kappa shape index (κ1) is 11.6. The van der Waals surface area contributed by atoms with Gasteiger partial charge in [-0.25, -0.2) is 8.78 Å². The Bertz CT molecular complexity index is 156. The molecular formula is C6H10ClF2NO2. The van der Waals surface area contributed by atoms with Gasteiger partial charge in [0.2, 0.25) is 0 Å². The molecule has 1 atom stereocenters. The molecule has 72 valence electrons. The molecule has 0 amide bonds. The predicted molar refractivity (Wildman–Crippen MR) is 40.8 cm³/mol. The van der Waals surface area contributed by atoms with Crippen molar-refractivity contribution in [2.45, 2.75) is 11.8 Å². The highest BCUT2D eigenvalue weighted by Crippen LogP contribution is 2.01. The molecule has 0 fully saturated rings. The van der Waals surface area contributed by atoms with Gasteiger partial charge in [-0.3, -0.25) is 9.69 Å². The van der Waals surface area contributed by atoms with E-state index in [0.29, 0.717) is 0 Å². The van der Waals surface area contributed by atoms with Crippen LogP contribution in [0.4, 0.5) is 8.78 Å². The summed E-state index contributed by atoms with van der Waals surface area (Å²) in [5.74, 6) is -1.20. The monoisotopic (exact) mass is 201 g/mol. The molecule has 0 radical (unpaired) electrons. The van der Waals surface area contributed by atoms with Crippen LogP contribution in [0.25, 0.3) is 0 Å². The number of hydrogen-bond acceptors (Lipinski definition) is 2. The zero-order valence-electron chi connectivity index (χ0n) is 6.51. The van der Waals surface area contributed by atoms with Crippen molar-refractivity contribution >= 4 is 17.6 Å². The lowest BCUT2D eigenvalue weighted by Crippen LogP contribution is -2.33. The maximum absolute atomic E-state index is 11.7. The summed E-state index contributed by atoms with van der Waals surface area (Å²) in [6, 6.07) is 0. The first-order chi connectivity index (χ1) is 5.43. The number of aliphatic carboxylic acids is 1. The van der Waals surface area contributed by atoms with Gasteiger partial charge in [-0.15, -0.1) is 11.6 Å². The van der Waals surface area contributed by atoms with Gasteiger partial charge < -0.3 is 5.11 Å². The number of rotatable bonds is 5. The molecule has 0 heterocycles. The summed E-state index contributed by atoms with van der Waals surface area (Å²) in [4.78, 5) is 11.4. The molecule has 1 unspecified atom stereocenters. The molecule has 0 aliphatic rings. The van der Waals surface area contributed by atoms with Crippen LogP contribution >= 0.6 is 11.6 Å². The third-order valence-electron chi connectivity index (χ3n) is 1.19.